The molecule has 1 unspecified atom stereocenters. The number of H-pyrrole nitrogens is 1. The van der Waals surface area contributed by atoms with Crippen molar-refractivity contribution >= 4 is 29.3 Å². The fourth-order valence-corrected chi connectivity index (χ4v) is 3.69. The fraction of sp³-hybridized carbons (Fsp3) is 0.588. The van der Waals surface area contributed by atoms with Crippen LogP contribution < -0.4 is 10.6 Å². The topological polar surface area (TPSA) is 71.4 Å². The zero-order valence-electron chi connectivity index (χ0n) is 13.3. The van der Waals surface area contributed by atoms with Gasteiger partial charge < -0.3 is 20.4 Å². The number of anilines is 1. The van der Waals surface area contributed by atoms with Gasteiger partial charge in [-0.3, -0.25) is 4.79 Å². The maximum atomic E-state index is 11.8. The number of amides is 1. The maximum absolute atomic E-state index is 11.8. The van der Waals surface area contributed by atoms with Crippen molar-refractivity contribution in [1.82, 2.24) is 4.98 Å². The molecule has 0 bridgehead atoms. The lowest BCUT2D eigenvalue weighted by Gasteiger charge is -2.31. The van der Waals surface area contributed by atoms with Gasteiger partial charge in [-0.05, 0) is 37.3 Å². The van der Waals surface area contributed by atoms with Crippen LogP contribution in [0.25, 0.3) is 6.08 Å². The fourth-order valence-electron chi connectivity index (χ4n) is 3.57. The zero-order chi connectivity index (χ0) is 16.2. The predicted octanol–water partition coefficient (Wildman–Crippen LogP) is 2.40. The first-order chi connectivity index (χ1) is 11.2. The highest BCUT2D eigenvalue weighted by molar-refractivity contribution is 6.17. The molecule has 1 saturated heterocycles. The number of allylic oxidation sites excluding steroid dienone is 1. The molecule has 1 fully saturated rings. The molecule has 2 aliphatic rings. The molecule has 0 spiro atoms. The molecule has 1 amide bonds. The summed E-state index contributed by atoms with van der Waals surface area (Å²) in [5, 5.41) is 0. The van der Waals surface area contributed by atoms with Crippen molar-refractivity contribution < 1.29 is 9.53 Å². The van der Waals surface area contributed by atoms with Gasteiger partial charge in [-0.2, -0.15) is 0 Å². The quantitative estimate of drug-likeness (QED) is 0.810. The van der Waals surface area contributed by atoms with Gasteiger partial charge in [0.2, 0.25) is 5.91 Å². The summed E-state index contributed by atoms with van der Waals surface area (Å²) in [4.78, 5) is 17.6. The van der Waals surface area contributed by atoms with E-state index in [4.69, 9.17) is 22.1 Å². The van der Waals surface area contributed by atoms with E-state index in [1.807, 2.05) is 0 Å². The Hall–Kier alpha value is -1.46. The van der Waals surface area contributed by atoms with Crippen LogP contribution in [0.15, 0.2) is 6.08 Å². The number of carbonyl (C=O) groups excluding carboxylic acids is 1. The van der Waals surface area contributed by atoms with Crippen LogP contribution in [0.3, 0.4) is 0 Å². The largest absolute Gasteiger partial charge is 0.378 e. The number of alkyl halides is 1. The minimum atomic E-state index is -0.239. The molecule has 1 aromatic rings. The number of hydrogen-bond acceptors (Lipinski definition) is 3. The number of morpholine rings is 1. The van der Waals surface area contributed by atoms with E-state index in [9.17, 15) is 4.79 Å². The van der Waals surface area contributed by atoms with Gasteiger partial charge in [0.25, 0.3) is 0 Å². The average molecular weight is 338 g/mol. The highest BCUT2D eigenvalue weighted by Gasteiger charge is 2.31. The second-order valence-corrected chi connectivity index (χ2v) is 6.48. The lowest BCUT2D eigenvalue weighted by Crippen LogP contribution is -2.37. The predicted molar refractivity (Wildman–Crippen MR) is 93.1 cm³/mol. The third-order valence-electron chi connectivity index (χ3n) is 4.63. The molecule has 1 atom stereocenters. The second-order valence-electron chi connectivity index (χ2n) is 6.11. The summed E-state index contributed by atoms with van der Waals surface area (Å²) in [6.45, 7) is 3.23. The van der Waals surface area contributed by atoms with E-state index >= 15 is 0 Å². The summed E-state index contributed by atoms with van der Waals surface area (Å²) in [6, 6.07) is 0. The zero-order valence-corrected chi connectivity index (χ0v) is 14.1. The van der Waals surface area contributed by atoms with Crippen LogP contribution in [0.4, 0.5) is 5.69 Å². The van der Waals surface area contributed by atoms with Crippen LogP contribution in [-0.2, 0) is 16.0 Å². The molecule has 23 heavy (non-hydrogen) atoms. The number of nitrogens with one attached hydrogen (secondary N) is 1. The van der Waals surface area contributed by atoms with Crippen LogP contribution in [0.5, 0.6) is 0 Å². The number of ether oxygens (including phenoxy) is 1. The van der Waals surface area contributed by atoms with Crippen LogP contribution in [0.1, 0.15) is 42.1 Å². The maximum Gasteiger partial charge on any atom is 0.226 e. The van der Waals surface area contributed by atoms with E-state index < -0.39 is 0 Å². The SMILES string of the molecule is NC(=O)C1CCCc2c1[nH]c(/C=C\CCCl)c2N1CCOCC1. The van der Waals surface area contributed by atoms with Crippen LogP contribution >= 0.6 is 11.6 Å². The van der Waals surface area contributed by atoms with Crippen LogP contribution in [0, 0.1) is 0 Å². The van der Waals surface area contributed by atoms with E-state index in [2.05, 4.69) is 22.0 Å². The average Bonchev–Trinajstić information content (AvgIpc) is 2.94. The molecule has 0 saturated carbocycles. The molecule has 2 heterocycles. The number of hydrogen-bond donors (Lipinski definition) is 2. The second kappa shape index (κ2) is 7.41. The number of primary amides is 1. The Labute approximate surface area is 141 Å². The number of aromatic nitrogens is 1. The standard InChI is InChI=1S/C17H24ClN3O2/c18-7-2-1-6-14-16(21-8-10-23-11-9-21)12-4-3-5-13(17(19)22)15(12)20-14/h1,6,13,20H,2-5,7-11H2,(H2,19,22)/b6-1-. The molecule has 126 valence electrons. The lowest BCUT2D eigenvalue weighted by molar-refractivity contribution is -0.119. The van der Waals surface area contributed by atoms with Crippen molar-refractivity contribution in [3.63, 3.8) is 0 Å². The normalized spacial score (nSPS) is 21.6. The molecule has 3 rings (SSSR count). The summed E-state index contributed by atoms with van der Waals surface area (Å²) < 4.78 is 5.48. The molecule has 3 N–H and O–H groups in total. The number of rotatable bonds is 5. The summed E-state index contributed by atoms with van der Waals surface area (Å²) in [7, 11) is 0. The number of nitrogens with two attached hydrogens (primary N) is 1. The Bertz CT molecular complexity index is 591. The summed E-state index contributed by atoms with van der Waals surface area (Å²) in [6.07, 6.45) is 7.81. The van der Waals surface area contributed by atoms with E-state index in [1.54, 1.807) is 0 Å². The van der Waals surface area contributed by atoms with Crippen molar-refractivity contribution in [2.45, 2.75) is 31.6 Å². The molecule has 1 aliphatic carbocycles. The van der Waals surface area contributed by atoms with E-state index in [1.165, 1.54) is 11.3 Å². The van der Waals surface area contributed by atoms with Gasteiger partial charge >= 0.3 is 0 Å². The summed E-state index contributed by atoms with van der Waals surface area (Å²) in [5.74, 6) is 0.166. The van der Waals surface area contributed by atoms with Crippen molar-refractivity contribution in [2.24, 2.45) is 5.73 Å². The van der Waals surface area contributed by atoms with Gasteiger partial charge in [0.05, 0.1) is 30.5 Å². The third-order valence-corrected chi connectivity index (χ3v) is 4.85. The van der Waals surface area contributed by atoms with Crippen molar-refractivity contribution in [2.75, 3.05) is 37.1 Å². The monoisotopic (exact) mass is 337 g/mol. The molecule has 0 aromatic carbocycles. The first kappa shape index (κ1) is 16.4. The Morgan fingerprint density at radius 3 is 2.91 bits per heavy atom. The Morgan fingerprint density at radius 1 is 1.43 bits per heavy atom. The van der Waals surface area contributed by atoms with Gasteiger partial charge in [-0.25, -0.2) is 0 Å². The molecule has 6 heteroatoms. The van der Waals surface area contributed by atoms with E-state index in [-0.39, 0.29) is 11.8 Å². The van der Waals surface area contributed by atoms with E-state index in [0.717, 1.165) is 63.4 Å². The molecular weight excluding hydrogens is 314 g/mol. The van der Waals surface area contributed by atoms with Gasteiger partial charge in [0.1, 0.15) is 0 Å². The summed E-state index contributed by atoms with van der Waals surface area (Å²) in [5.41, 5.74) is 10.2. The number of halogens is 1. The Balaban J connectivity index is 2.01. The van der Waals surface area contributed by atoms with Crippen LogP contribution in [0.2, 0.25) is 0 Å². The van der Waals surface area contributed by atoms with Crippen molar-refractivity contribution in [1.29, 1.82) is 0 Å². The van der Waals surface area contributed by atoms with Crippen molar-refractivity contribution in [3.8, 4) is 0 Å². The first-order valence-electron chi connectivity index (χ1n) is 8.31. The molecule has 5 nitrogen and oxygen atoms in total. The van der Waals surface area contributed by atoms with Crippen LogP contribution in [-0.4, -0.2) is 43.1 Å². The Kier molecular flexibility index (Phi) is 5.28. The first-order valence-corrected chi connectivity index (χ1v) is 8.85. The molecule has 1 aromatic heterocycles. The minimum Gasteiger partial charge on any atom is -0.378 e. The van der Waals surface area contributed by atoms with Gasteiger partial charge in [-0.15, -0.1) is 11.6 Å². The molecular formula is C17H24ClN3O2. The smallest absolute Gasteiger partial charge is 0.226 e. The van der Waals surface area contributed by atoms with E-state index in [0.29, 0.717) is 5.88 Å². The van der Waals surface area contributed by atoms with Gasteiger partial charge in [0.15, 0.2) is 0 Å². The number of nitrogens with zero attached hydrogens (tertiary/aromatic N) is 1. The highest BCUT2D eigenvalue weighted by Crippen LogP contribution is 2.40. The number of fused-ring (bicyclic) bond motifs is 1. The van der Waals surface area contributed by atoms with Gasteiger partial charge in [0, 0.05) is 24.7 Å². The lowest BCUT2D eigenvalue weighted by atomic mass is 9.86. The minimum absolute atomic E-state index is 0.200. The number of carbonyl (C=O) groups is 1. The molecule has 1 aliphatic heterocycles. The summed E-state index contributed by atoms with van der Waals surface area (Å²) >= 11 is 5.77. The van der Waals surface area contributed by atoms with Gasteiger partial charge in [-0.1, -0.05) is 6.08 Å². The van der Waals surface area contributed by atoms with Crippen molar-refractivity contribution in [3.05, 3.63) is 23.0 Å². The highest BCUT2D eigenvalue weighted by atomic mass is 35.5. The molecule has 0 radical (unpaired) electrons. The third kappa shape index (κ3) is 3.40. The Morgan fingerprint density at radius 2 is 2.22 bits per heavy atom. The number of aromatic amines is 1.